The van der Waals surface area contributed by atoms with Gasteiger partial charge in [-0.1, -0.05) is 97.1 Å². The second kappa shape index (κ2) is 25.5. The number of hydrogen-bond acceptors (Lipinski definition) is 14. The Morgan fingerprint density at radius 3 is 1.22 bits per heavy atom. The van der Waals surface area contributed by atoms with Crippen LogP contribution in [-0.4, -0.2) is 52.0 Å². The van der Waals surface area contributed by atoms with Crippen LogP contribution in [-0.2, 0) is 50.3 Å². The maximum absolute atomic E-state index is 12.7. The molecule has 0 saturated heterocycles. The van der Waals surface area contributed by atoms with Crippen molar-refractivity contribution < 1.29 is 68.0 Å². The van der Waals surface area contributed by atoms with E-state index in [-0.39, 0.29) is 94.2 Å². The fourth-order valence-electron chi connectivity index (χ4n) is 13.8. The van der Waals surface area contributed by atoms with Crippen LogP contribution in [0.1, 0.15) is 136 Å². The largest absolute Gasteiger partial charge is 0.508 e. The Balaban J connectivity index is 0.000000134. The predicted octanol–water partition coefficient (Wildman–Crippen LogP) is 14.2. The molecule has 0 aromatic heterocycles. The Kier molecular flexibility index (Phi) is 17.1. The zero-order chi connectivity index (χ0) is 60.3. The summed E-state index contributed by atoms with van der Waals surface area (Å²) in [5, 5.41) is 39.0. The smallest absolute Gasteiger partial charge is 0.133 e. The third-order valence-corrected chi connectivity index (χ3v) is 17.8. The first-order valence-corrected chi connectivity index (χ1v) is 29.7. The first-order valence-electron chi connectivity index (χ1n) is 29.7. The summed E-state index contributed by atoms with van der Waals surface area (Å²) >= 11 is 0. The van der Waals surface area contributed by atoms with Crippen LogP contribution in [0.5, 0.6) is 51.7 Å². The van der Waals surface area contributed by atoms with Crippen LogP contribution in [0.25, 0.3) is 0 Å². The minimum atomic E-state index is -0.260. The van der Waals surface area contributed by atoms with Crippen LogP contribution < -0.4 is 23.7 Å². The van der Waals surface area contributed by atoms with Gasteiger partial charge in [0.1, 0.15) is 101 Å². The molecule has 6 aliphatic rings. The van der Waals surface area contributed by atoms with Gasteiger partial charge in [-0.25, -0.2) is 0 Å². The number of carbonyl (C=O) groups excluding carboxylic acids is 3. The lowest BCUT2D eigenvalue weighted by Crippen LogP contribution is -2.27. The molecule has 0 radical (unpaired) electrons. The van der Waals surface area contributed by atoms with E-state index < -0.39 is 0 Å². The Hall–Kier alpha value is -9.11. The SMILES string of the molecule is COCc1cc(O)cc2c1O[C@H](c1ccc(O)cc1)[C@@H]1CC(=O)C[C@H]21.COCc1cc(OCc2ccccc2)cc2c1O[C@H](c1ccc(OCc3ccccc3)cc1)[C@@H]1CC(=O)C[C@H]21.Cc1cc(O)cc2c1O[C@H](c1ccc(O)cc1)[C@@H]1CC(=O)C[C@H]21. The Morgan fingerprint density at radius 1 is 0.391 bits per heavy atom. The molecule has 3 fully saturated rings. The second-order valence-corrected chi connectivity index (χ2v) is 23.6. The number of aryl methyl sites for hydroxylation is 1. The maximum Gasteiger partial charge on any atom is 0.133 e. The number of Topliss-reactive ketones (excluding diaryl/α,β-unsaturated/α-hetero) is 3. The maximum atomic E-state index is 12.7. The van der Waals surface area contributed by atoms with Crippen LogP contribution in [0.2, 0.25) is 0 Å². The number of carbonyl (C=O) groups is 3. The van der Waals surface area contributed by atoms with E-state index in [1.165, 1.54) is 0 Å². The molecule has 3 aliphatic carbocycles. The number of rotatable bonds is 13. The molecule has 87 heavy (non-hydrogen) atoms. The van der Waals surface area contributed by atoms with E-state index in [9.17, 15) is 34.8 Å². The van der Waals surface area contributed by atoms with Crippen LogP contribution in [0.4, 0.5) is 0 Å². The van der Waals surface area contributed by atoms with Gasteiger partial charge in [0.15, 0.2) is 0 Å². The van der Waals surface area contributed by atoms with Gasteiger partial charge in [-0.2, -0.15) is 0 Å². The number of ether oxygens (including phenoxy) is 7. The van der Waals surface area contributed by atoms with Crippen molar-refractivity contribution in [3.05, 3.63) is 231 Å². The highest BCUT2D eigenvalue weighted by Gasteiger charge is 2.49. The van der Waals surface area contributed by atoms with Gasteiger partial charge in [0.05, 0.1) is 13.2 Å². The lowest BCUT2D eigenvalue weighted by atomic mass is 9.79. The molecule has 0 bridgehead atoms. The average molecular weight is 1170 g/mol. The molecule has 8 aromatic carbocycles. The molecule has 8 aromatic rings. The highest BCUT2D eigenvalue weighted by atomic mass is 16.5. The van der Waals surface area contributed by atoms with Gasteiger partial charge < -0.3 is 53.6 Å². The summed E-state index contributed by atoms with van der Waals surface area (Å²) in [6, 6.07) is 53.0. The lowest BCUT2D eigenvalue weighted by Gasteiger charge is -2.37. The average Bonchev–Trinajstić information content (AvgIpc) is 4.48. The van der Waals surface area contributed by atoms with Crippen LogP contribution in [0.15, 0.2) is 170 Å². The minimum Gasteiger partial charge on any atom is -0.508 e. The standard InChI is InChI=1S/C34H32O5.C20H20O5.C19H18O4/c1-36-22-26-16-29(38-21-24-10-6-3-7-11-24)19-32-30-17-27(35)18-31(30)33(39-34(26)32)25-12-14-28(15-13-25)37-20-23-8-4-2-5-9-23;1-24-10-12-6-14(22)8-18-16-7-15(23)9-17(16)19(25-20(12)18)11-2-4-13(21)5-3-11;1-10-6-13(21)8-16-15-7-14(22)9-17(15)19(23-18(10)16)11-2-4-12(20)5-3-11/h2-16,19,30-31,33H,17-18,20-22H2,1H3;2-6,8,16-17,19,21-22H,7,9-10H2,1H3;2-6,8,15,17,19-21H,7,9H2,1H3/t30-,31+,33+;16-,17+,19+;15-,17-,19-/m001/s1. The van der Waals surface area contributed by atoms with Crippen LogP contribution in [0.3, 0.4) is 0 Å². The van der Waals surface area contributed by atoms with Gasteiger partial charge in [-0.05, 0) is 113 Å². The molecule has 3 heterocycles. The normalized spacial score (nSPS) is 22.6. The number of hydrogen-bond donors (Lipinski definition) is 4. The zero-order valence-electron chi connectivity index (χ0n) is 48.8. The molecule has 14 rings (SSSR count). The molecule has 446 valence electrons. The minimum absolute atomic E-state index is 0.0257. The van der Waals surface area contributed by atoms with Crippen molar-refractivity contribution in [3.8, 4) is 51.7 Å². The molecule has 14 nitrogen and oxygen atoms in total. The van der Waals surface area contributed by atoms with E-state index in [2.05, 4.69) is 30.3 Å². The number of benzene rings is 8. The lowest BCUT2D eigenvalue weighted by molar-refractivity contribution is -0.118. The van der Waals surface area contributed by atoms with Gasteiger partial charge in [0, 0.05) is 116 Å². The quantitative estimate of drug-likeness (QED) is 0.0851. The van der Waals surface area contributed by atoms with E-state index >= 15 is 0 Å². The fourth-order valence-corrected chi connectivity index (χ4v) is 13.8. The molecular weight excluding hydrogens is 1100 g/mol. The van der Waals surface area contributed by atoms with Crippen LogP contribution >= 0.6 is 0 Å². The zero-order valence-corrected chi connectivity index (χ0v) is 48.8. The summed E-state index contributed by atoms with van der Waals surface area (Å²) in [6.45, 7) is 3.62. The number of fused-ring (bicyclic) bond motifs is 9. The molecule has 0 amide bonds. The van der Waals surface area contributed by atoms with Gasteiger partial charge in [0.2, 0.25) is 0 Å². The summed E-state index contributed by atoms with van der Waals surface area (Å²) in [4.78, 5) is 37.0. The van der Waals surface area contributed by atoms with E-state index in [1.54, 1.807) is 62.8 Å². The molecule has 0 unspecified atom stereocenters. The van der Waals surface area contributed by atoms with Gasteiger partial charge in [-0.15, -0.1) is 0 Å². The number of ketones is 3. The molecule has 14 heteroatoms. The summed E-state index contributed by atoms with van der Waals surface area (Å²) in [5.41, 5.74) is 10.6. The monoisotopic (exact) mass is 1170 g/mol. The van der Waals surface area contributed by atoms with Crippen molar-refractivity contribution in [1.29, 1.82) is 0 Å². The van der Waals surface area contributed by atoms with E-state index in [1.807, 2.05) is 97.9 Å². The number of phenols is 4. The van der Waals surface area contributed by atoms with E-state index in [0.717, 1.165) is 84.2 Å². The number of phenolic OH excluding ortho intramolecular Hbond substituents is 4. The first kappa shape index (κ1) is 58.3. The first-order chi connectivity index (χ1) is 42.3. The van der Waals surface area contributed by atoms with Crippen molar-refractivity contribution in [2.24, 2.45) is 17.8 Å². The van der Waals surface area contributed by atoms with Gasteiger partial charge in [0.25, 0.3) is 0 Å². The molecule has 0 spiro atoms. The van der Waals surface area contributed by atoms with E-state index in [0.29, 0.717) is 70.7 Å². The summed E-state index contributed by atoms with van der Waals surface area (Å²) < 4.78 is 42.3. The van der Waals surface area contributed by atoms with Crippen LogP contribution in [0, 0.1) is 24.7 Å². The summed E-state index contributed by atoms with van der Waals surface area (Å²) in [5.74, 6) is 5.73. The van der Waals surface area contributed by atoms with Gasteiger partial charge in [-0.3, -0.25) is 14.4 Å². The second-order valence-electron chi connectivity index (χ2n) is 23.6. The highest BCUT2D eigenvalue weighted by Crippen LogP contribution is 2.58. The molecule has 3 aliphatic heterocycles. The number of methoxy groups -OCH3 is 2. The predicted molar refractivity (Wildman–Crippen MR) is 325 cm³/mol. The topological polar surface area (TPSA) is 197 Å². The highest BCUT2D eigenvalue weighted by molar-refractivity contribution is 5.84. The Morgan fingerprint density at radius 2 is 0.770 bits per heavy atom. The fraction of sp³-hybridized carbons (Fsp3) is 0.301. The molecule has 3 saturated carbocycles. The third-order valence-electron chi connectivity index (χ3n) is 17.8. The Labute approximate surface area is 505 Å². The van der Waals surface area contributed by atoms with Gasteiger partial charge >= 0.3 is 0 Å². The van der Waals surface area contributed by atoms with Crippen molar-refractivity contribution >= 4 is 17.3 Å². The van der Waals surface area contributed by atoms with Crippen molar-refractivity contribution in [3.63, 3.8) is 0 Å². The van der Waals surface area contributed by atoms with Crippen molar-refractivity contribution in [2.75, 3.05) is 14.2 Å². The number of aromatic hydroxyl groups is 4. The molecule has 9 atom stereocenters. The summed E-state index contributed by atoms with van der Waals surface area (Å²) in [6.07, 6.45) is 2.26. The van der Waals surface area contributed by atoms with Crippen molar-refractivity contribution in [1.82, 2.24) is 0 Å². The molecule has 4 N–H and O–H groups in total. The molecular formula is C73H70O14. The third kappa shape index (κ3) is 12.6. The Bertz CT molecular complexity index is 3770. The van der Waals surface area contributed by atoms with Crippen molar-refractivity contribution in [2.45, 2.75) is 108 Å². The summed E-state index contributed by atoms with van der Waals surface area (Å²) in [7, 11) is 3.28. The van der Waals surface area contributed by atoms with E-state index in [4.69, 9.17) is 33.2 Å².